The molecule has 1 aliphatic rings. The predicted octanol–water partition coefficient (Wildman–Crippen LogP) is 4.14. The van der Waals surface area contributed by atoms with Crippen molar-refractivity contribution in [3.63, 3.8) is 0 Å². The Morgan fingerprint density at radius 2 is 1.80 bits per heavy atom. The van der Waals surface area contributed by atoms with Crippen LogP contribution in [-0.2, 0) is 19.5 Å². The topological polar surface area (TPSA) is 16.1 Å². The molecule has 108 valence electrons. The van der Waals surface area contributed by atoms with Crippen LogP contribution in [0.25, 0.3) is 0 Å². The second-order valence-corrected chi connectivity index (χ2v) is 5.11. The number of pyridine rings is 1. The van der Waals surface area contributed by atoms with Gasteiger partial charge in [-0.25, -0.2) is 4.98 Å². The monoisotopic (exact) mass is 330 g/mol. The fraction of sp³-hybridized carbons (Fsp3) is 0.267. The molecule has 1 aromatic heterocycles. The van der Waals surface area contributed by atoms with Crippen LogP contribution in [-0.4, -0.2) is 16.4 Å². The molecule has 1 aromatic carbocycles. The lowest BCUT2D eigenvalue weighted by atomic mass is 10.00. The third kappa shape index (κ3) is 4.10. The van der Waals surface area contributed by atoms with E-state index in [1.165, 1.54) is 16.7 Å². The first-order chi connectivity index (χ1) is 8.81. The summed E-state index contributed by atoms with van der Waals surface area (Å²) in [5, 5.41) is 0.558. The van der Waals surface area contributed by atoms with Gasteiger partial charge in [0, 0.05) is 25.8 Å². The maximum atomic E-state index is 5.80. The average molecular weight is 332 g/mol. The van der Waals surface area contributed by atoms with Gasteiger partial charge in [-0.1, -0.05) is 41.9 Å². The van der Waals surface area contributed by atoms with Gasteiger partial charge in [0.2, 0.25) is 0 Å². The van der Waals surface area contributed by atoms with Gasteiger partial charge in [0.05, 0.1) is 0 Å². The van der Waals surface area contributed by atoms with Crippen molar-refractivity contribution in [2.75, 3.05) is 6.54 Å². The number of rotatable bonds is 2. The Bertz CT molecular complexity index is 543. The van der Waals surface area contributed by atoms with Crippen molar-refractivity contribution >= 4 is 36.4 Å². The average Bonchev–Trinajstić information content (AvgIpc) is 2.41. The third-order valence-corrected chi connectivity index (χ3v) is 3.63. The molecule has 0 N–H and O–H groups in total. The number of aromatic nitrogens is 1. The highest BCUT2D eigenvalue weighted by Crippen LogP contribution is 2.20. The van der Waals surface area contributed by atoms with Crippen LogP contribution in [0.1, 0.15) is 16.7 Å². The Balaban J connectivity index is 0.000001000. The van der Waals surface area contributed by atoms with E-state index in [-0.39, 0.29) is 24.8 Å². The lowest BCUT2D eigenvalue weighted by molar-refractivity contribution is 0.245. The van der Waals surface area contributed by atoms with Crippen molar-refractivity contribution in [3.8, 4) is 0 Å². The summed E-state index contributed by atoms with van der Waals surface area (Å²) in [6, 6.07) is 12.6. The van der Waals surface area contributed by atoms with Crippen LogP contribution in [0.15, 0.2) is 42.6 Å². The molecule has 2 nitrogen and oxygen atoms in total. The van der Waals surface area contributed by atoms with E-state index in [0.29, 0.717) is 5.15 Å². The second kappa shape index (κ2) is 7.84. The Morgan fingerprint density at radius 3 is 2.50 bits per heavy atom. The highest BCUT2D eigenvalue weighted by molar-refractivity contribution is 6.29. The lowest BCUT2D eigenvalue weighted by Crippen LogP contribution is -2.29. The van der Waals surface area contributed by atoms with Gasteiger partial charge in [0.25, 0.3) is 0 Å². The molecule has 0 unspecified atom stereocenters. The molecular formula is C15H17Cl3N2. The molecule has 0 amide bonds. The van der Waals surface area contributed by atoms with E-state index in [1.54, 1.807) is 0 Å². The van der Waals surface area contributed by atoms with Crippen LogP contribution in [0.5, 0.6) is 0 Å². The normalized spacial score (nSPS) is 13.8. The SMILES string of the molecule is Cl.Cl.Clc1ccc(CN2CCc3ccccc3C2)cn1. The molecule has 0 radical (unpaired) electrons. The van der Waals surface area contributed by atoms with Gasteiger partial charge in [0.1, 0.15) is 5.15 Å². The molecule has 20 heavy (non-hydrogen) atoms. The molecule has 0 atom stereocenters. The van der Waals surface area contributed by atoms with Crippen LogP contribution in [0.4, 0.5) is 0 Å². The summed E-state index contributed by atoms with van der Waals surface area (Å²) in [7, 11) is 0. The number of hydrogen-bond acceptors (Lipinski definition) is 2. The van der Waals surface area contributed by atoms with Crippen LogP contribution < -0.4 is 0 Å². The standard InChI is InChI=1S/C15H15ClN2.2ClH/c16-15-6-5-12(9-17-15)10-18-8-7-13-3-1-2-4-14(13)11-18;;/h1-6,9H,7-8,10-11H2;2*1H. The van der Waals surface area contributed by atoms with Crippen molar-refractivity contribution in [3.05, 3.63) is 64.4 Å². The number of fused-ring (bicyclic) bond motifs is 1. The summed E-state index contributed by atoms with van der Waals surface area (Å²) in [6.07, 6.45) is 3.00. The van der Waals surface area contributed by atoms with Crippen molar-refractivity contribution in [1.29, 1.82) is 0 Å². The first kappa shape index (κ1) is 17.3. The zero-order valence-corrected chi connectivity index (χ0v) is 13.3. The maximum Gasteiger partial charge on any atom is 0.129 e. The van der Waals surface area contributed by atoms with E-state index in [0.717, 1.165) is 26.1 Å². The van der Waals surface area contributed by atoms with Crippen LogP contribution in [0, 0.1) is 0 Å². The largest absolute Gasteiger partial charge is 0.294 e. The highest BCUT2D eigenvalue weighted by Gasteiger charge is 2.15. The van der Waals surface area contributed by atoms with E-state index in [2.05, 4.69) is 40.2 Å². The molecule has 1 aliphatic heterocycles. The van der Waals surface area contributed by atoms with Crippen LogP contribution >= 0.6 is 36.4 Å². The van der Waals surface area contributed by atoms with E-state index in [1.807, 2.05) is 12.3 Å². The second-order valence-electron chi connectivity index (χ2n) is 4.72. The number of halogens is 3. The van der Waals surface area contributed by atoms with Crippen molar-refractivity contribution in [1.82, 2.24) is 9.88 Å². The molecule has 0 saturated carbocycles. The molecule has 0 aliphatic carbocycles. The number of benzene rings is 1. The highest BCUT2D eigenvalue weighted by atomic mass is 35.5. The molecule has 2 heterocycles. The van der Waals surface area contributed by atoms with Crippen molar-refractivity contribution in [2.45, 2.75) is 19.5 Å². The van der Waals surface area contributed by atoms with E-state index in [4.69, 9.17) is 11.6 Å². The van der Waals surface area contributed by atoms with Gasteiger partial charge in [-0.2, -0.15) is 0 Å². The zero-order valence-electron chi connectivity index (χ0n) is 11.0. The molecule has 0 bridgehead atoms. The Morgan fingerprint density at radius 1 is 1.05 bits per heavy atom. The van der Waals surface area contributed by atoms with Gasteiger partial charge in [-0.15, -0.1) is 24.8 Å². The minimum absolute atomic E-state index is 0. The van der Waals surface area contributed by atoms with Crippen LogP contribution in [0.2, 0.25) is 5.15 Å². The fourth-order valence-corrected chi connectivity index (χ4v) is 2.56. The number of nitrogens with zero attached hydrogens (tertiary/aromatic N) is 2. The zero-order chi connectivity index (χ0) is 12.4. The molecular weight excluding hydrogens is 315 g/mol. The van der Waals surface area contributed by atoms with E-state index < -0.39 is 0 Å². The van der Waals surface area contributed by atoms with E-state index >= 15 is 0 Å². The molecule has 0 saturated heterocycles. The molecule has 5 heteroatoms. The minimum atomic E-state index is 0. The summed E-state index contributed by atoms with van der Waals surface area (Å²) >= 11 is 5.80. The van der Waals surface area contributed by atoms with Crippen molar-refractivity contribution < 1.29 is 0 Å². The third-order valence-electron chi connectivity index (χ3n) is 3.40. The van der Waals surface area contributed by atoms with Gasteiger partial charge < -0.3 is 0 Å². The molecule has 2 aromatic rings. The molecule has 3 rings (SSSR count). The van der Waals surface area contributed by atoms with E-state index in [9.17, 15) is 0 Å². The Kier molecular flexibility index (Phi) is 6.77. The first-order valence-electron chi connectivity index (χ1n) is 6.21. The minimum Gasteiger partial charge on any atom is -0.294 e. The summed E-state index contributed by atoms with van der Waals surface area (Å²) in [5.41, 5.74) is 4.16. The summed E-state index contributed by atoms with van der Waals surface area (Å²) in [6.45, 7) is 3.08. The van der Waals surface area contributed by atoms with Crippen LogP contribution in [0.3, 0.4) is 0 Å². The smallest absolute Gasteiger partial charge is 0.129 e. The Labute approximate surface area is 137 Å². The maximum absolute atomic E-state index is 5.80. The quantitative estimate of drug-likeness (QED) is 0.769. The summed E-state index contributed by atoms with van der Waals surface area (Å²) in [5.74, 6) is 0. The lowest BCUT2D eigenvalue weighted by Gasteiger charge is -2.28. The van der Waals surface area contributed by atoms with Gasteiger partial charge >= 0.3 is 0 Å². The number of hydrogen-bond donors (Lipinski definition) is 0. The van der Waals surface area contributed by atoms with Gasteiger partial charge in [0.15, 0.2) is 0 Å². The fourth-order valence-electron chi connectivity index (χ4n) is 2.45. The molecule has 0 spiro atoms. The van der Waals surface area contributed by atoms with Gasteiger partial charge in [-0.05, 0) is 29.2 Å². The molecule has 0 fully saturated rings. The van der Waals surface area contributed by atoms with Crippen molar-refractivity contribution in [2.24, 2.45) is 0 Å². The summed E-state index contributed by atoms with van der Waals surface area (Å²) < 4.78 is 0. The Hall–Kier alpha value is -0.800. The van der Waals surface area contributed by atoms with Gasteiger partial charge in [-0.3, -0.25) is 4.90 Å². The predicted molar refractivity (Wildman–Crippen MR) is 88.0 cm³/mol. The first-order valence-corrected chi connectivity index (χ1v) is 6.58. The summed E-state index contributed by atoms with van der Waals surface area (Å²) in [4.78, 5) is 6.58.